The van der Waals surface area contributed by atoms with E-state index in [-0.39, 0.29) is 39.7 Å². The number of benzene rings is 4. The van der Waals surface area contributed by atoms with Crippen LogP contribution in [0, 0.1) is 28.7 Å². The van der Waals surface area contributed by atoms with Crippen LogP contribution in [0.25, 0.3) is 43.8 Å². The average molecular weight is 757 g/mol. The monoisotopic (exact) mass is 754 g/mol. The fourth-order valence-electron chi connectivity index (χ4n) is 6.67. The third-order valence-electron chi connectivity index (χ3n) is 9.07. The summed E-state index contributed by atoms with van der Waals surface area (Å²) in [6.07, 6.45) is 6.96. The van der Waals surface area contributed by atoms with Gasteiger partial charge >= 0.3 is 30.2 Å². The van der Waals surface area contributed by atoms with Crippen molar-refractivity contribution >= 4 is 53.2 Å². The number of halogens is 2. The maximum atomic E-state index is 3.06. The molecule has 47 heavy (non-hydrogen) atoms. The van der Waals surface area contributed by atoms with Gasteiger partial charge in [-0.3, -0.25) is 0 Å². The molecule has 0 unspecified atom stereocenters. The number of rotatable bonds is 4. The van der Waals surface area contributed by atoms with Gasteiger partial charge in [0.2, 0.25) is 0 Å². The second-order valence-corrected chi connectivity index (χ2v) is 12.4. The van der Waals surface area contributed by atoms with E-state index in [9.17, 15) is 0 Å². The van der Waals surface area contributed by atoms with Crippen LogP contribution < -0.4 is 0 Å². The molecule has 0 aliphatic heterocycles. The van der Waals surface area contributed by atoms with E-state index in [0.29, 0.717) is 5.92 Å². The molecule has 0 aromatic heterocycles. The molecule has 0 amide bonds. The van der Waals surface area contributed by atoms with Gasteiger partial charge in [-0.05, 0) is 41.4 Å². The standard InChI is InChI=1S/C24H27.C17H15.2CH3.2ClH.Si.Zr/c1-17(2)22-15-21-9-6-10-23(24(21)16-22)20-13-11-19(12-14-20)18-7-4-3-5-8-18;1-12-10-16-13(2)8-9-15(17(16)11-12)14-6-4-3-5-7-14;;;;;;/h6,9-18H,3-5,7-8H2,1-2H3;3-11H,1-2H3;2*1H3;2*1H;;/q4*-1;;;;. The number of fused-ring (bicyclic) bond motifs is 2. The van der Waals surface area contributed by atoms with Gasteiger partial charge in [0.05, 0.1) is 0 Å². The number of aryl methyl sites for hydroxylation is 2. The van der Waals surface area contributed by atoms with E-state index >= 15 is 0 Å². The Bertz CT molecular complexity index is 1770. The molecule has 0 atom stereocenters. The third-order valence-corrected chi connectivity index (χ3v) is 9.07. The van der Waals surface area contributed by atoms with Crippen molar-refractivity contribution in [1.82, 2.24) is 0 Å². The predicted molar refractivity (Wildman–Crippen MR) is 212 cm³/mol. The van der Waals surface area contributed by atoms with Crippen LogP contribution in [0.1, 0.15) is 80.0 Å². The predicted octanol–water partition coefficient (Wildman–Crippen LogP) is 13.6. The van der Waals surface area contributed by atoms with Crippen molar-refractivity contribution in [1.29, 1.82) is 0 Å². The molecule has 2 radical (unpaired) electrons. The quantitative estimate of drug-likeness (QED) is 0.124. The summed E-state index contributed by atoms with van der Waals surface area (Å²) in [5, 5.41) is 5.51. The Balaban J connectivity index is 0.000000430. The minimum atomic E-state index is 0. The number of hydrogen-bond donors (Lipinski definition) is 0. The van der Waals surface area contributed by atoms with Crippen LogP contribution in [-0.4, -0.2) is 6.88 Å². The molecular formula is C43H50Cl2SiZr-4. The minimum absolute atomic E-state index is 0. The van der Waals surface area contributed by atoms with Crippen LogP contribution in [0.15, 0.2) is 109 Å². The molecule has 7 rings (SSSR count). The van der Waals surface area contributed by atoms with Crippen molar-refractivity contribution in [3.63, 3.8) is 0 Å². The second-order valence-electron chi connectivity index (χ2n) is 12.4. The average Bonchev–Trinajstić information content (AvgIpc) is 3.68. The first-order valence-electron chi connectivity index (χ1n) is 15.7. The van der Waals surface area contributed by atoms with Crippen molar-refractivity contribution in [3.8, 4) is 22.3 Å². The van der Waals surface area contributed by atoms with E-state index in [4.69, 9.17) is 0 Å². The van der Waals surface area contributed by atoms with Crippen molar-refractivity contribution in [2.75, 3.05) is 0 Å². The zero-order chi connectivity index (χ0) is 30.3. The molecular weight excluding hydrogens is 707 g/mol. The Kier molecular flexibility index (Phi) is 18.5. The summed E-state index contributed by atoms with van der Waals surface area (Å²) in [7, 11) is 0. The molecule has 0 bridgehead atoms. The van der Waals surface area contributed by atoms with Crippen LogP contribution in [0.5, 0.6) is 0 Å². The summed E-state index contributed by atoms with van der Waals surface area (Å²) < 4.78 is 0. The summed E-state index contributed by atoms with van der Waals surface area (Å²) in [5.41, 5.74) is 11.0. The summed E-state index contributed by atoms with van der Waals surface area (Å²) in [6, 6.07) is 40.4. The topological polar surface area (TPSA) is 0 Å². The van der Waals surface area contributed by atoms with Crippen LogP contribution in [0.3, 0.4) is 0 Å². The van der Waals surface area contributed by atoms with Gasteiger partial charge in [-0.2, -0.15) is 12.1 Å². The summed E-state index contributed by atoms with van der Waals surface area (Å²) in [4.78, 5) is 0. The second kappa shape index (κ2) is 20.3. The molecule has 1 fully saturated rings. The molecule has 1 aliphatic rings. The van der Waals surface area contributed by atoms with E-state index in [1.807, 2.05) is 0 Å². The van der Waals surface area contributed by atoms with Crippen LogP contribution in [0.4, 0.5) is 0 Å². The number of hydrogen-bond acceptors (Lipinski definition) is 0. The normalized spacial score (nSPS) is 12.3. The van der Waals surface area contributed by atoms with Crippen molar-refractivity contribution < 1.29 is 23.3 Å². The maximum absolute atomic E-state index is 3.06. The molecule has 6 aromatic rings. The van der Waals surface area contributed by atoms with Crippen molar-refractivity contribution in [2.24, 2.45) is 0 Å². The van der Waals surface area contributed by atoms with Gasteiger partial charge in [0.25, 0.3) is 0 Å². The third kappa shape index (κ3) is 10.1. The zero-order valence-electron chi connectivity index (χ0n) is 28.9. The van der Waals surface area contributed by atoms with E-state index in [1.165, 1.54) is 121 Å². The molecule has 0 saturated heterocycles. The molecule has 4 heteroatoms. The first-order valence-corrected chi connectivity index (χ1v) is 19.9. The van der Waals surface area contributed by atoms with Gasteiger partial charge in [-0.15, -0.1) is 93.4 Å². The van der Waals surface area contributed by atoms with Gasteiger partial charge in [-0.25, -0.2) is 0 Å². The summed E-state index contributed by atoms with van der Waals surface area (Å²) in [5.74, 6) is 1.37. The Morgan fingerprint density at radius 1 is 0.660 bits per heavy atom. The Labute approximate surface area is 314 Å². The van der Waals surface area contributed by atoms with Crippen molar-refractivity contribution in [3.05, 3.63) is 146 Å². The SMILES string of the molecule is CC(C)c1cc2c(-c3ccc(C4CCCCC4)cc3)cccc2[cH-]1.Cc1cc2c(-c3ccccc3)ccc(C)c2[cH-]1.Cl.Cl.[CH3-].[CH3-].[Si]=[Zr]. The fourth-order valence-corrected chi connectivity index (χ4v) is 6.67. The molecule has 0 heterocycles. The molecule has 0 nitrogen and oxygen atoms in total. The fraction of sp³-hybridized carbons (Fsp3) is 0.256. The van der Waals surface area contributed by atoms with Gasteiger partial charge in [0, 0.05) is 0 Å². The van der Waals surface area contributed by atoms with E-state index in [0.717, 1.165) is 5.92 Å². The van der Waals surface area contributed by atoms with Crippen LogP contribution in [0.2, 0.25) is 0 Å². The van der Waals surface area contributed by atoms with E-state index in [2.05, 4.69) is 144 Å². The first-order chi connectivity index (χ1) is 21.0. The Morgan fingerprint density at radius 3 is 1.91 bits per heavy atom. The molecule has 0 spiro atoms. The molecule has 6 aromatic carbocycles. The Morgan fingerprint density at radius 2 is 1.28 bits per heavy atom. The van der Waals surface area contributed by atoms with Crippen LogP contribution in [-0.2, 0) is 23.3 Å². The first kappa shape index (κ1) is 42.8. The molecule has 0 N–H and O–H groups in total. The summed E-state index contributed by atoms with van der Waals surface area (Å²) in [6.45, 7) is 11.9. The van der Waals surface area contributed by atoms with Gasteiger partial charge in [0.15, 0.2) is 0 Å². The molecule has 1 aliphatic carbocycles. The molecule has 1 saturated carbocycles. The van der Waals surface area contributed by atoms with E-state index in [1.54, 1.807) is 0 Å². The van der Waals surface area contributed by atoms with Crippen molar-refractivity contribution in [2.45, 2.75) is 71.6 Å². The summed E-state index contributed by atoms with van der Waals surface area (Å²) >= 11 is 1.36. The van der Waals surface area contributed by atoms with E-state index < -0.39 is 0 Å². The molecule has 248 valence electrons. The van der Waals surface area contributed by atoms with Gasteiger partial charge in [-0.1, -0.05) is 125 Å². The zero-order valence-corrected chi connectivity index (χ0v) is 34.0. The van der Waals surface area contributed by atoms with Gasteiger partial charge < -0.3 is 14.9 Å². The Hall–Kier alpha value is -2.22. The van der Waals surface area contributed by atoms with Gasteiger partial charge in [0.1, 0.15) is 0 Å². The van der Waals surface area contributed by atoms with Crippen LogP contribution >= 0.6 is 24.8 Å².